The van der Waals surface area contributed by atoms with Crippen LogP contribution < -0.4 is 0 Å². The van der Waals surface area contributed by atoms with Crippen LogP contribution in [0.5, 0.6) is 0 Å². The minimum Gasteiger partial charge on any atom is -0.151 e. The van der Waals surface area contributed by atoms with Gasteiger partial charge in [0.05, 0.1) is 0 Å². The van der Waals surface area contributed by atoms with Gasteiger partial charge >= 0.3 is 0 Å². The van der Waals surface area contributed by atoms with Gasteiger partial charge in [-0.2, -0.15) is 47.0 Å². The molecule has 2 aliphatic heterocycles. The highest BCUT2D eigenvalue weighted by Crippen LogP contribution is 2.46. The molecule has 0 nitrogen and oxygen atoms in total. The van der Waals surface area contributed by atoms with E-state index < -0.39 is 8.07 Å². The molecule has 0 aromatic carbocycles. The zero-order chi connectivity index (χ0) is 10.7. The van der Waals surface area contributed by atoms with Crippen LogP contribution in [0.15, 0.2) is 0 Å². The first kappa shape index (κ1) is 13.1. The molecule has 2 aliphatic rings. The van der Waals surface area contributed by atoms with Crippen LogP contribution in [-0.4, -0.2) is 39.5 Å². The first-order valence-corrected chi connectivity index (χ1v) is 13.0. The maximum atomic E-state index is 2.62. The lowest BCUT2D eigenvalue weighted by molar-refractivity contribution is 1.10. The van der Waals surface area contributed by atoms with E-state index in [2.05, 4.69) is 60.1 Å². The molecule has 0 aromatic heterocycles. The van der Waals surface area contributed by atoms with Gasteiger partial charge in [0.2, 0.25) is 0 Å². The Kier molecular flexibility index (Phi) is 5.21. The highest BCUT2D eigenvalue weighted by atomic mass is 32.2. The van der Waals surface area contributed by atoms with Gasteiger partial charge in [-0.1, -0.05) is 13.1 Å². The lowest BCUT2D eigenvalue weighted by atomic mass is 10.6. The summed E-state index contributed by atoms with van der Waals surface area (Å²) in [5.74, 6) is 5.65. The summed E-state index contributed by atoms with van der Waals surface area (Å²) in [6, 6.07) is 0. The minimum absolute atomic E-state index is 0.967. The summed E-state index contributed by atoms with van der Waals surface area (Å²) in [7, 11) is -1.05. The van der Waals surface area contributed by atoms with Crippen molar-refractivity contribution in [1.29, 1.82) is 0 Å². The number of hydrogen-bond acceptors (Lipinski definition) is 4. The molecule has 2 rings (SSSR count). The van der Waals surface area contributed by atoms with Crippen LogP contribution in [0.3, 0.4) is 0 Å². The molecule has 2 saturated heterocycles. The van der Waals surface area contributed by atoms with E-state index in [1.807, 2.05) is 0 Å². The van der Waals surface area contributed by atoms with Crippen molar-refractivity contribution in [3.8, 4) is 0 Å². The molecule has 15 heavy (non-hydrogen) atoms. The van der Waals surface area contributed by atoms with E-state index in [0.29, 0.717) is 0 Å². The quantitative estimate of drug-likeness (QED) is 0.701. The van der Waals surface area contributed by atoms with Crippen molar-refractivity contribution in [3.63, 3.8) is 0 Å². The highest BCUT2D eigenvalue weighted by Gasteiger charge is 2.42. The Hall–Kier alpha value is 1.62. The zero-order valence-electron chi connectivity index (χ0n) is 9.53. The Morgan fingerprint density at radius 1 is 0.733 bits per heavy atom. The van der Waals surface area contributed by atoms with Crippen molar-refractivity contribution < 1.29 is 0 Å². The van der Waals surface area contributed by atoms with Crippen LogP contribution in [0, 0.1) is 0 Å². The second-order valence-corrected chi connectivity index (χ2v) is 16.6. The molecule has 0 unspecified atom stereocenters. The van der Waals surface area contributed by atoms with Gasteiger partial charge in [-0.25, -0.2) is 0 Å². The van der Waals surface area contributed by atoms with Gasteiger partial charge in [-0.15, -0.1) is 0 Å². The third-order valence-corrected chi connectivity index (χ3v) is 19.5. The molecule has 0 radical (unpaired) electrons. The van der Waals surface area contributed by atoms with E-state index >= 15 is 0 Å². The van der Waals surface area contributed by atoms with Crippen molar-refractivity contribution >= 4 is 55.1 Å². The Bertz CT molecular complexity index is 178. The third-order valence-electron chi connectivity index (χ3n) is 2.87. The molecule has 5 heteroatoms. The Morgan fingerprint density at radius 2 is 1.07 bits per heavy atom. The van der Waals surface area contributed by atoms with E-state index in [1.54, 1.807) is 0 Å². The van der Waals surface area contributed by atoms with Gasteiger partial charge in [0.15, 0.2) is 0 Å². The van der Waals surface area contributed by atoms with Crippen LogP contribution in [0.4, 0.5) is 0 Å². The van der Waals surface area contributed by atoms with Crippen LogP contribution in [-0.2, 0) is 0 Å². The van der Waals surface area contributed by atoms with Gasteiger partial charge in [-0.3, -0.25) is 0 Å². The van der Waals surface area contributed by atoms with E-state index in [9.17, 15) is 0 Å². The first-order chi connectivity index (χ1) is 7.21. The van der Waals surface area contributed by atoms with Crippen molar-refractivity contribution in [2.24, 2.45) is 0 Å². The van der Waals surface area contributed by atoms with Crippen LogP contribution >= 0.6 is 47.0 Å². The molecule has 0 saturated carbocycles. The summed E-state index contributed by atoms with van der Waals surface area (Å²) >= 11 is 9.05. The van der Waals surface area contributed by atoms with E-state index in [-0.39, 0.29) is 0 Å². The van der Waals surface area contributed by atoms with Gasteiger partial charge in [0, 0.05) is 8.41 Å². The van der Waals surface area contributed by atoms with Crippen molar-refractivity contribution in [1.82, 2.24) is 0 Å². The standard InChI is InChI=1S/C10H20S4Si/c1-15(2,9-11-5-3-6-12-9)10-13-7-4-8-14-10/h9-10H,3-8H2,1-2H3. The molecule has 88 valence electrons. The van der Waals surface area contributed by atoms with Crippen LogP contribution in [0.1, 0.15) is 12.8 Å². The Morgan fingerprint density at radius 3 is 1.40 bits per heavy atom. The summed E-state index contributed by atoms with van der Waals surface area (Å²) < 4.78 is 1.93. The molecule has 2 heterocycles. The third kappa shape index (κ3) is 3.30. The number of rotatable bonds is 2. The molecule has 0 spiro atoms. The Balaban J connectivity index is 1.96. The predicted octanol–water partition coefficient (Wildman–Crippen LogP) is 4.17. The molecule has 0 amide bonds. The summed E-state index contributed by atoms with van der Waals surface area (Å²) in [5, 5.41) is 0. The maximum Gasteiger partial charge on any atom is 0.100 e. The van der Waals surface area contributed by atoms with Crippen molar-refractivity contribution in [3.05, 3.63) is 0 Å². The molecule has 0 aliphatic carbocycles. The second kappa shape index (κ2) is 5.98. The molecule has 0 bridgehead atoms. The SMILES string of the molecule is C[Si](C)(C1SCCCS1)C1SCCCS1. The van der Waals surface area contributed by atoms with E-state index in [0.717, 1.165) is 8.41 Å². The molecule has 2 fully saturated rings. The van der Waals surface area contributed by atoms with Crippen molar-refractivity contribution in [2.45, 2.75) is 34.3 Å². The fourth-order valence-electron chi connectivity index (χ4n) is 1.95. The van der Waals surface area contributed by atoms with E-state index in [1.165, 1.54) is 35.9 Å². The Labute approximate surface area is 112 Å². The van der Waals surface area contributed by atoms with Crippen molar-refractivity contribution in [2.75, 3.05) is 23.0 Å². The smallest absolute Gasteiger partial charge is 0.100 e. The van der Waals surface area contributed by atoms with Gasteiger partial charge in [-0.05, 0) is 35.9 Å². The molecular formula is C10H20S4Si. The minimum atomic E-state index is -1.05. The second-order valence-electron chi connectivity index (χ2n) is 4.68. The molecule has 0 N–H and O–H groups in total. The van der Waals surface area contributed by atoms with Gasteiger partial charge < -0.3 is 0 Å². The van der Waals surface area contributed by atoms with Crippen LogP contribution in [0.25, 0.3) is 0 Å². The monoisotopic (exact) mass is 296 g/mol. The maximum absolute atomic E-state index is 2.62. The molecular weight excluding hydrogens is 276 g/mol. The number of hydrogen-bond donors (Lipinski definition) is 0. The predicted molar refractivity (Wildman–Crippen MR) is 84.1 cm³/mol. The zero-order valence-corrected chi connectivity index (χ0v) is 13.8. The number of thioether (sulfide) groups is 4. The van der Waals surface area contributed by atoms with Crippen LogP contribution in [0.2, 0.25) is 13.1 Å². The normalized spacial score (nSPS) is 26.8. The molecule has 0 atom stereocenters. The summed E-state index contributed by atoms with van der Waals surface area (Å²) in [6.45, 7) is 5.25. The summed E-state index contributed by atoms with van der Waals surface area (Å²) in [5.41, 5.74) is 0. The van der Waals surface area contributed by atoms with Gasteiger partial charge in [0.25, 0.3) is 0 Å². The average molecular weight is 297 g/mol. The topological polar surface area (TPSA) is 0 Å². The molecule has 0 aromatic rings. The summed E-state index contributed by atoms with van der Waals surface area (Å²) in [6.07, 6.45) is 2.86. The fraction of sp³-hybridized carbons (Fsp3) is 1.00. The first-order valence-electron chi connectivity index (χ1n) is 5.67. The fourth-order valence-corrected chi connectivity index (χ4v) is 17.5. The summed E-state index contributed by atoms with van der Waals surface area (Å²) in [4.78, 5) is 0. The van der Waals surface area contributed by atoms with E-state index in [4.69, 9.17) is 0 Å². The average Bonchev–Trinajstić information content (AvgIpc) is 2.31. The largest absolute Gasteiger partial charge is 0.151 e. The lowest BCUT2D eigenvalue weighted by Crippen LogP contribution is -2.48. The lowest BCUT2D eigenvalue weighted by Gasteiger charge is -2.40. The van der Waals surface area contributed by atoms with Gasteiger partial charge in [0.1, 0.15) is 8.07 Å². The highest BCUT2D eigenvalue weighted by molar-refractivity contribution is 8.23.